The Bertz CT molecular complexity index is 781. The van der Waals surface area contributed by atoms with Gasteiger partial charge >= 0.3 is 17.9 Å². The van der Waals surface area contributed by atoms with E-state index >= 15 is 0 Å². The van der Waals surface area contributed by atoms with Gasteiger partial charge in [-0.2, -0.15) is 0 Å². The molecular formula is C24H34O9. The topological polar surface area (TPSA) is 107 Å². The Kier molecular flexibility index (Phi) is 10.3. The lowest BCUT2D eigenvalue weighted by Gasteiger charge is -2.50. The first-order valence-corrected chi connectivity index (χ1v) is 11.1. The van der Waals surface area contributed by atoms with Crippen LogP contribution in [0.4, 0.5) is 0 Å². The summed E-state index contributed by atoms with van der Waals surface area (Å²) in [5.41, 5.74) is -0.646. The van der Waals surface area contributed by atoms with Gasteiger partial charge < -0.3 is 28.4 Å². The van der Waals surface area contributed by atoms with Crippen molar-refractivity contribution in [2.24, 2.45) is 5.92 Å². The summed E-state index contributed by atoms with van der Waals surface area (Å²) in [4.78, 5) is 35.9. The molecule has 1 heterocycles. The third kappa shape index (κ3) is 7.52. The first kappa shape index (κ1) is 26.8. The van der Waals surface area contributed by atoms with Crippen LogP contribution in [0.3, 0.4) is 0 Å². The van der Waals surface area contributed by atoms with E-state index < -0.39 is 42.0 Å². The summed E-state index contributed by atoms with van der Waals surface area (Å²) in [6.45, 7) is 8.07. The van der Waals surface area contributed by atoms with E-state index in [1.165, 1.54) is 20.8 Å². The SMILES string of the molecule is CC[C@H]1OC(OC(C)=O)[C@@](COCCOCc2ccccc2)(OC(C)=O)[C@@H](OC(C)=O)[C@@H]1C. The molecule has 2 rings (SSSR count). The summed E-state index contributed by atoms with van der Waals surface area (Å²) in [5, 5.41) is 0. The first-order valence-electron chi connectivity index (χ1n) is 11.1. The van der Waals surface area contributed by atoms with Gasteiger partial charge in [0.1, 0.15) is 0 Å². The minimum Gasteiger partial charge on any atom is -0.458 e. The van der Waals surface area contributed by atoms with Gasteiger partial charge in [0.25, 0.3) is 0 Å². The largest absolute Gasteiger partial charge is 0.458 e. The second-order valence-electron chi connectivity index (χ2n) is 8.05. The van der Waals surface area contributed by atoms with Crippen LogP contribution in [0.5, 0.6) is 0 Å². The molecule has 1 saturated heterocycles. The molecule has 1 fully saturated rings. The molecule has 0 bridgehead atoms. The molecule has 9 heteroatoms. The highest BCUT2D eigenvalue weighted by Crippen LogP contribution is 2.40. The first-order chi connectivity index (χ1) is 15.7. The van der Waals surface area contributed by atoms with Crippen molar-refractivity contribution in [3.05, 3.63) is 35.9 Å². The van der Waals surface area contributed by atoms with E-state index in [1.807, 2.05) is 44.2 Å². The molecule has 9 nitrogen and oxygen atoms in total. The maximum Gasteiger partial charge on any atom is 0.305 e. The van der Waals surface area contributed by atoms with E-state index in [2.05, 4.69) is 0 Å². The highest BCUT2D eigenvalue weighted by Gasteiger charge is 2.61. The quantitative estimate of drug-likeness (QED) is 0.276. The summed E-state index contributed by atoms with van der Waals surface area (Å²) in [5.74, 6) is -2.21. The van der Waals surface area contributed by atoms with Gasteiger partial charge in [0.15, 0.2) is 6.10 Å². The van der Waals surface area contributed by atoms with Gasteiger partial charge in [-0.1, -0.05) is 44.2 Å². The molecule has 0 amide bonds. The van der Waals surface area contributed by atoms with Crippen LogP contribution in [0.2, 0.25) is 0 Å². The van der Waals surface area contributed by atoms with E-state index in [4.69, 9.17) is 28.4 Å². The average molecular weight is 467 g/mol. The van der Waals surface area contributed by atoms with Crippen molar-refractivity contribution in [2.45, 2.75) is 71.7 Å². The Morgan fingerprint density at radius 2 is 1.58 bits per heavy atom. The second kappa shape index (κ2) is 12.7. The zero-order valence-corrected chi connectivity index (χ0v) is 19.9. The van der Waals surface area contributed by atoms with E-state index in [1.54, 1.807) is 0 Å². The third-order valence-electron chi connectivity index (χ3n) is 5.36. The Balaban J connectivity index is 2.18. The molecule has 0 radical (unpaired) electrons. The number of esters is 3. The molecule has 1 aromatic rings. The van der Waals surface area contributed by atoms with Gasteiger partial charge in [0.05, 0.1) is 32.5 Å². The molecule has 0 aromatic heterocycles. The summed E-state index contributed by atoms with van der Waals surface area (Å²) in [7, 11) is 0. The van der Waals surface area contributed by atoms with E-state index in [-0.39, 0.29) is 25.7 Å². The molecule has 0 N–H and O–H groups in total. The maximum atomic E-state index is 12.1. The predicted octanol–water partition coefficient (Wildman–Crippen LogP) is 2.79. The molecule has 5 atom stereocenters. The van der Waals surface area contributed by atoms with Crippen molar-refractivity contribution >= 4 is 17.9 Å². The highest BCUT2D eigenvalue weighted by molar-refractivity contribution is 5.69. The van der Waals surface area contributed by atoms with Crippen molar-refractivity contribution in [1.29, 1.82) is 0 Å². The number of ether oxygens (including phenoxy) is 6. The number of carbonyl (C=O) groups excluding carboxylic acids is 3. The fraction of sp³-hybridized carbons (Fsp3) is 0.625. The zero-order valence-electron chi connectivity index (χ0n) is 19.9. The van der Waals surface area contributed by atoms with Gasteiger partial charge in [0.2, 0.25) is 11.9 Å². The number of hydrogen-bond donors (Lipinski definition) is 0. The summed E-state index contributed by atoms with van der Waals surface area (Å²) in [6.07, 6.45) is -2.08. The van der Waals surface area contributed by atoms with E-state index in [9.17, 15) is 14.4 Å². The molecule has 0 saturated carbocycles. The Labute approximate surface area is 194 Å². The van der Waals surface area contributed by atoms with Crippen molar-refractivity contribution in [1.82, 2.24) is 0 Å². The molecular weight excluding hydrogens is 432 g/mol. The van der Waals surface area contributed by atoms with E-state index in [0.717, 1.165) is 5.56 Å². The standard InChI is InChI=1S/C24H34O9/c1-6-21-16(2)22(30-17(3)25)24(33-19(5)27,23(32-21)31-18(4)26)15-29-13-12-28-14-20-10-8-7-9-11-20/h7-11,16,21-23H,6,12-15H2,1-5H3/t16-,21-,22+,23?,24+/m1/s1. The maximum absolute atomic E-state index is 12.1. The molecule has 184 valence electrons. The lowest BCUT2D eigenvalue weighted by Crippen LogP contribution is -2.68. The van der Waals surface area contributed by atoms with Crippen LogP contribution in [0.1, 0.15) is 46.6 Å². The van der Waals surface area contributed by atoms with Crippen molar-refractivity contribution in [3.8, 4) is 0 Å². The summed E-state index contributed by atoms with van der Waals surface area (Å²) in [6, 6.07) is 9.69. The van der Waals surface area contributed by atoms with Crippen LogP contribution < -0.4 is 0 Å². The van der Waals surface area contributed by atoms with Crippen LogP contribution in [-0.4, -0.2) is 61.8 Å². The highest BCUT2D eigenvalue weighted by atomic mass is 16.7. The molecule has 0 spiro atoms. The van der Waals surface area contributed by atoms with Gasteiger partial charge in [-0.3, -0.25) is 14.4 Å². The molecule has 1 aliphatic heterocycles. The molecule has 33 heavy (non-hydrogen) atoms. The zero-order chi connectivity index (χ0) is 24.4. The molecule has 0 aliphatic carbocycles. The van der Waals surface area contributed by atoms with Gasteiger partial charge in [-0.25, -0.2) is 0 Å². The molecule has 1 aromatic carbocycles. The lowest BCUT2D eigenvalue weighted by molar-refractivity contribution is -0.331. The van der Waals surface area contributed by atoms with Gasteiger partial charge in [-0.15, -0.1) is 0 Å². The van der Waals surface area contributed by atoms with Crippen molar-refractivity contribution in [2.75, 3.05) is 19.8 Å². The molecule has 1 unspecified atom stereocenters. The number of benzene rings is 1. The fourth-order valence-electron chi connectivity index (χ4n) is 3.97. The average Bonchev–Trinajstić information content (AvgIpc) is 2.75. The smallest absolute Gasteiger partial charge is 0.305 e. The van der Waals surface area contributed by atoms with Crippen LogP contribution in [0, 0.1) is 5.92 Å². The second-order valence-corrected chi connectivity index (χ2v) is 8.05. The minimum atomic E-state index is -1.67. The summed E-state index contributed by atoms with van der Waals surface area (Å²) < 4.78 is 34.1. The van der Waals surface area contributed by atoms with E-state index in [0.29, 0.717) is 13.0 Å². The predicted molar refractivity (Wildman–Crippen MR) is 117 cm³/mol. The normalized spacial score (nSPS) is 26.9. The van der Waals surface area contributed by atoms with Gasteiger partial charge in [-0.05, 0) is 12.0 Å². The van der Waals surface area contributed by atoms with Crippen LogP contribution >= 0.6 is 0 Å². The number of rotatable bonds is 11. The number of carbonyl (C=O) groups is 3. The van der Waals surface area contributed by atoms with Crippen molar-refractivity contribution in [3.63, 3.8) is 0 Å². The van der Waals surface area contributed by atoms with Crippen LogP contribution in [0.15, 0.2) is 30.3 Å². The molecule has 1 aliphatic rings. The van der Waals surface area contributed by atoms with Gasteiger partial charge in [0, 0.05) is 26.7 Å². The monoisotopic (exact) mass is 466 g/mol. The van der Waals surface area contributed by atoms with Crippen LogP contribution in [0.25, 0.3) is 0 Å². The minimum absolute atomic E-state index is 0.168. The Morgan fingerprint density at radius 3 is 2.15 bits per heavy atom. The van der Waals surface area contributed by atoms with Crippen LogP contribution in [-0.2, 0) is 49.4 Å². The lowest BCUT2D eigenvalue weighted by atomic mass is 9.80. The Morgan fingerprint density at radius 1 is 0.939 bits per heavy atom. The van der Waals surface area contributed by atoms with Crippen molar-refractivity contribution < 1.29 is 42.8 Å². The fourth-order valence-corrected chi connectivity index (χ4v) is 3.97. The Hall–Kier alpha value is -2.49. The third-order valence-corrected chi connectivity index (χ3v) is 5.36. The number of hydrogen-bond acceptors (Lipinski definition) is 9. The summed E-state index contributed by atoms with van der Waals surface area (Å²) >= 11 is 0.